The number of likely N-dealkylation sites (N-methyl/N-ethyl adjacent to an activating group) is 1. The molecule has 0 aromatic carbocycles. The maximum Gasteiger partial charge on any atom is 0.268 e. The Balaban J connectivity index is 3.77. The Bertz CT molecular complexity index is 1090. The maximum atomic E-state index is 12.9. The summed E-state index contributed by atoms with van der Waals surface area (Å²) in [5, 5.41) is 13.9. The van der Waals surface area contributed by atoms with E-state index >= 15 is 0 Å². The predicted molar refractivity (Wildman–Crippen MR) is 298 cm³/mol. The number of carbonyl (C=O) groups excluding carboxylic acids is 1. The number of hydrogen-bond acceptors (Lipinski definition) is 6. The lowest BCUT2D eigenvalue weighted by Gasteiger charge is -2.30. The van der Waals surface area contributed by atoms with Crippen LogP contribution in [0.2, 0.25) is 0 Å². The number of nitrogens with zero attached hydrogens (tertiary/aromatic N) is 1. The highest BCUT2D eigenvalue weighted by Gasteiger charge is 2.24. The highest BCUT2D eigenvalue weighted by atomic mass is 31.2. The third-order valence-electron chi connectivity index (χ3n) is 14.6. The zero-order valence-corrected chi connectivity index (χ0v) is 48.2. The topological polar surface area (TPSA) is 108 Å². The molecule has 0 aliphatic heterocycles. The number of rotatable bonds is 58. The van der Waals surface area contributed by atoms with Crippen LogP contribution in [-0.2, 0) is 18.4 Å². The molecule has 0 bridgehead atoms. The maximum absolute atomic E-state index is 12.9. The molecule has 0 rings (SSSR count). The Labute approximate surface area is 431 Å². The van der Waals surface area contributed by atoms with Crippen LogP contribution in [0, 0.1) is 0 Å². The van der Waals surface area contributed by atoms with Crippen LogP contribution in [-0.4, -0.2) is 68.5 Å². The first kappa shape index (κ1) is 68.5. The number of quaternary nitrogens is 1. The van der Waals surface area contributed by atoms with Gasteiger partial charge in [0.25, 0.3) is 7.82 Å². The molecule has 0 saturated carbocycles. The van der Waals surface area contributed by atoms with Crippen molar-refractivity contribution in [1.29, 1.82) is 0 Å². The van der Waals surface area contributed by atoms with E-state index in [1.807, 2.05) is 21.1 Å². The van der Waals surface area contributed by atoms with Gasteiger partial charge in [-0.2, -0.15) is 0 Å². The Morgan fingerprint density at radius 2 is 0.710 bits per heavy atom. The van der Waals surface area contributed by atoms with Crippen molar-refractivity contribution < 1.29 is 32.9 Å². The first-order valence-corrected chi connectivity index (χ1v) is 32.3. The number of phosphoric acid groups is 1. The lowest BCUT2D eigenvalue weighted by atomic mass is 10.0. The molecule has 3 atom stereocenters. The van der Waals surface area contributed by atoms with Crippen LogP contribution in [0.25, 0.3) is 0 Å². The lowest BCUT2D eigenvalue weighted by molar-refractivity contribution is -0.870. The molecule has 0 aromatic heterocycles. The molecule has 0 aromatic rings. The van der Waals surface area contributed by atoms with Crippen molar-refractivity contribution in [2.24, 2.45) is 0 Å². The number of aliphatic hydroxyl groups excluding tert-OH is 1. The molecule has 3 unspecified atom stereocenters. The van der Waals surface area contributed by atoms with Crippen molar-refractivity contribution in [1.82, 2.24) is 5.32 Å². The Morgan fingerprint density at radius 3 is 0.986 bits per heavy atom. The van der Waals surface area contributed by atoms with Crippen LogP contribution in [0.1, 0.15) is 328 Å². The quantitative estimate of drug-likeness (QED) is 0.0357. The van der Waals surface area contributed by atoms with E-state index in [4.69, 9.17) is 9.05 Å². The van der Waals surface area contributed by atoms with E-state index in [9.17, 15) is 19.4 Å². The number of unbranched alkanes of at least 4 members (excludes halogenated alkanes) is 45. The standard InChI is InChI=1S/C60H123N2O6P/c1-6-8-10-12-14-16-18-19-20-21-22-23-24-25-26-27-28-29-30-31-32-33-34-35-36-37-38-39-40-41-42-43-44-46-48-50-52-54-60(64)61-58(57-68-69(65,66)67-56-55-62(3,4)5)59(63)53-51-49-47-45-17-15-13-11-9-7-2/h58-59,63H,6-57H2,1-5H3,(H-,61,64,65,66). The van der Waals surface area contributed by atoms with Crippen molar-refractivity contribution in [3.05, 3.63) is 0 Å². The molecular weight excluding hydrogens is 876 g/mol. The number of phosphoric ester groups is 1. The molecule has 0 aliphatic rings. The van der Waals surface area contributed by atoms with Crippen LogP contribution in [0.3, 0.4) is 0 Å². The van der Waals surface area contributed by atoms with Crippen molar-refractivity contribution in [2.75, 3.05) is 40.9 Å². The highest BCUT2D eigenvalue weighted by molar-refractivity contribution is 7.45. The zero-order valence-electron chi connectivity index (χ0n) is 47.3. The number of nitrogens with one attached hydrogen (secondary N) is 1. The van der Waals surface area contributed by atoms with E-state index in [1.54, 1.807) is 0 Å². The summed E-state index contributed by atoms with van der Waals surface area (Å²) in [6, 6.07) is -0.793. The molecule has 8 nitrogen and oxygen atoms in total. The number of amides is 1. The fourth-order valence-electron chi connectivity index (χ4n) is 9.75. The molecule has 0 aliphatic carbocycles. The first-order valence-electron chi connectivity index (χ1n) is 30.9. The second-order valence-corrected chi connectivity index (χ2v) is 24.2. The van der Waals surface area contributed by atoms with Crippen LogP contribution < -0.4 is 10.2 Å². The number of carbonyl (C=O) groups is 1. The second-order valence-electron chi connectivity index (χ2n) is 22.8. The van der Waals surface area contributed by atoms with Crippen molar-refractivity contribution in [3.63, 3.8) is 0 Å². The predicted octanol–water partition coefficient (Wildman–Crippen LogP) is 18.2. The van der Waals surface area contributed by atoms with Gasteiger partial charge in [-0.15, -0.1) is 0 Å². The van der Waals surface area contributed by atoms with Crippen LogP contribution in [0.15, 0.2) is 0 Å². The summed E-state index contributed by atoms with van der Waals surface area (Å²) in [6.07, 6.45) is 63.3. The van der Waals surface area contributed by atoms with Gasteiger partial charge < -0.3 is 28.8 Å². The Kier molecular flexibility index (Phi) is 52.0. The van der Waals surface area contributed by atoms with E-state index < -0.39 is 20.0 Å². The third-order valence-corrected chi connectivity index (χ3v) is 15.6. The average molecular weight is 1000 g/mol. The van der Waals surface area contributed by atoms with Crippen LogP contribution in [0.4, 0.5) is 0 Å². The van der Waals surface area contributed by atoms with Gasteiger partial charge in [-0.3, -0.25) is 9.36 Å². The fourth-order valence-corrected chi connectivity index (χ4v) is 10.5. The Hall–Kier alpha value is -0.500. The summed E-state index contributed by atoms with van der Waals surface area (Å²) < 4.78 is 23.3. The van der Waals surface area contributed by atoms with Gasteiger partial charge in [0, 0.05) is 6.42 Å². The van der Waals surface area contributed by atoms with Gasteiger partial charge in [0.1, 0.15) is 13.2 Å². The second kappa shape index (κ2) is 52.4. The molecule has 0 fully saturated rings. The van der Waals surface area contributed by atoms with Gasteiger partial charge in [-0.25, -0.2) is 0 Å². The van der Waals surface area contributed by atoms with Gasteiger partial charge in [0.2, 0.25) is 5.91 Å². The molecule has 0 radical (unpaired) electrons. The highest BCUT2D eigenvalue weighted by Crippen LogP contribution is 2.38. The smallest absolute Gasteiger partial charge is 0.268 e. The van der Waals surface area contributed by atoms with E-state index in [-0.39, 0.29) is 19.1 Å². The molecule has 0 saturated heterocycles. The van der Waals surface area contributed by atoms with Crippen LogP contribution in [0.5, 0.6) is 0 Å². The molecule has 9 heteroatoms. The molecule has 414 valence electrons. The molecular formula is C60H123N2O6P. The summed E-state index contributed by atoms with van der Waals surface area (Å²) >= 11 is 0. The van der Waals surface area contributed by atoms with Crippen LogP contribution >= 0.6 is 7.82 Å². The van der Waals surface area contributed by atoms with E-state index in [1.165, 1.54) is 263 Å². The third kappa shape index (κ3) is 55.1. The van der Waals surface area contributed by atoms with Gasteiger partial charge in [0.05, 0.1) is 39.9 Å². The monoisotopic (exact) mass is 999 g/mol. The SMILES string of the molecule is CCCCCCCCCCCCCCCCCCCCCCCCCCCCCCCCCCCCCCCC(=O)NC(COP(=O)([O-])OCC[N+](C)(C)C)C(O)CCCCCCCCCCCC. The van der Waals surface area contributed by atoms with Gasteiger partial charge in [-0.05, 0) is 12.8 Å². The molecule has 69 heavy (non-hydrogen) atoms. The Morgan fingerprint density at radius 1 is 0.449 bits per heavy atom. The van der Waals surface area contributed by atoms with Crippen molar-refractivity contribution >= 4 is 13.7 Å². The first-order chi connectivity index (χ1) is 33.5. The summed E-state index contributed by atoms with van der Waals surface area (Å²) in [6.45, 7) is 4.75. The van der Waals surface area contributed by atoms with Gasteiger partial charge >= 0.3 is 0 Å². The molecule has 2 N–H and O–H groups in total. The summed E-state index contributed by atoms with van der Waals surface area (Å²) in [4.78, 5) is 25.4. The largest absolute Gasteiger partial charge is 0.756 e. The molecule has 0 heterocycles. The zero-order chi connectivity index (χ0) is 50.6. The molecule has 1 amide bonds. The van der Waals surface area contributed by atoms with E-state index in [0.717, 1.165) is 38.5 Å². The van der Waals surface area contributed by atoms with Gasteiger partial charge in [-0.1, -0.05) is 309 Å². The minimum absolute atomic E-state index is 0.0161. The number of hydrogen-bond donors (Lipinski definition) is 2. The summed E-state index contributed by atoms with van der Waals surface area (Å²) in [7, 11) is 1.32. The van der Waals surface area contributed by atoms with Crippen molar-refractivity contribution in [3.8, 4) is 0 Å². The van der Waals surface area contributed by atoms with E-state index in [0.29, 0.717) is 23.9 Å². The average Bonchev–Trinajstić information content (AvgIpc) is 3.31. The summed E-state index contributed by atoms with van der Waals surface area (Å²) in [5.74, 6) is -0.159. The normalized spacial score (nSPS) is 13.8. The summed E-state index contributed by atoms with van der Waals surface area (Å²) in [5.41, 5.74) is 0. The minimum Gasteiger partial charge on any atom is -0.756 e. The minimum atomic E-state index is -4.56. The van der Waals surface area contributed by atoms with Gasteiger partial charge in [0.15, 0.2) is 0 Å². The molecule has 0 spiro atoms. The lowest BCUT2D eigenvalue weighted by Crippen LogP contribution is -2.46. The fraction of sp³-hybridized carbons (Fsp3) is 0.983. The van der Waals surface area contributed by atoms with Crippen molar-refractivity contribution in [2.45, 2.75) is 341 Å². The van der Waals surface area contributed by atoms with E-state index in [2.05, 4.69) is 19.2 Å². The number of aliphatic hydroxyl groups is 1.